The SMILES string of the molecule is C=C/C=C(\C=C)C1COc2cc(O)ccc2C1O. The van der Waals surface area contributed by atoms with E-state index in [0.717, 1.165) is 5.57 Å². The van der Waals surface area contributed by atoms with Crippen LogP contribution in [0.5, 0.6) is 11.5 Å². The summed E-state index contributed by atoms with van der Waals surface area (Å²) < 4.78 is 5.57. The summed E-state index contributed by atoms with van der Waals surface area (Å²) in [5, 5.41) is 19.7. The molecule has 0 bridgehead atoms. The van der Waals surface area contributed by atoms with Crippen molar-refractivity contribution in [2.75, 3.05) is 6.61 Å². The fraction of sp³-hybridized carbons (Fsp3) is 0.200. The van der Waals surface area contributed by atoms with Gasteiger partial charge in [-0.25, -0.2) is 0 Å². The van der Waals surface area contributed by atoms with Crippen molar-refractivity contribution < 1.29 is 14.9 Å². The molecule has 0 saturated carbocycles. The zero-order chi connectivity index (χ0) is 13.1. The molecule has 2 rings (SSSR count). The Balaban J connectivity index is 2.36. The van der Waals surface area contributed by atoms with E-state index >= 15 is 0 Å². The zero-order valence-corrected chi connectivity index (χ0v) is 10.0. The van der Waals surface area contributed by atoms with Crippen molar-refractivity contribution in [3.63, 3.8) is 0 Å². The smallest absolute Gasteiger partial charge is 0.128 e. The van der Waals surface area contributed by atoms with Crippen LogP contribution in [0.1, 0.15) is 11.7 Å². The van der Waals surface area contributed by atoms with Gasteiger partial charge < -0.3 is 14.9 Å². The quantitative estimate of drug-likeness (QED) is 0.804. The molecule has 18 heavy (non-hydrogen) atoms. The molecular weight excluding hydrogens is 228 g/mol. The molecule has 1 aliphatic rings. The zero-order valence-electron chi connectivity index (χ0n) is 10.0. The van der Waals surface area contributed by atoms with Crippen LogP contribution in [0.3, 0.4) is 0 Å². The first-order valence-corrected chi connectivity index (χ1v) is 5.76. The summed E-state index contributed by atoms with van der Waals surface area (Å²) in [5.41, 5.74) is 1.57. The van der Waals surface area contributed by atoms with Crippen molar-refractivity contribution in [1.82, 2.24) is 0 Å². The van der Waals surface area contributed by atoms with Gasteiger partial charge in [0.15, 0.2) is 0 Å². The average molecular weight is 244 g/mol. The second-order valence-corrected chi connectivity index (χ2v) is 4.19. The normalized spacial score (nSPS) is 22.8. The highest BCUT2D eigenvalue weighted by Gasteiger charge is 2.30. The molecule has 3 heteroatoms. The summed E-state index contributed by atoms with van der Waals surface area (Å²) in [6, 6.07) is 4.73. The molecule has 1 heterocycles. The van der Waals surface area contributed by atoms with Crippen LogP contribution >= 0.6 is 0 Å². The number of phenolic OH excluding ortho intramolecular Hbond substituents is 1. The summed E-state index contributed by atoms with van der Waals surface area (Å²) in [4.78, 5) is 0. The first-order chi connectivity index (χ1) is 8.67. The number of rotatable bonds is 3. The molecule has 0 radical (unpaired) electrons. The molecule has 2 N–H and O–H groups in total. The van der Waals surface area contributed by atoms with Gasteiger partial charge in [0.1, 0.15) is 11.5 Å². The summed E-state index contributed by atoms with van der Waals surface area (Å²) in [5.74, 6) is 0.489. The summed E-state index contributed by atoms with van der Waals surface area (Å²) in [6.07, 6.45) is 4.51. The fourth-order valence-electron chi connectivity index (χ4n) is 2.14. The number of ether oxygens (including phenoxy) is 1. The molecule has 0 amide bonds. The lowest BCUT2D eigenvalue weighted by atomic mass is 9.87. The van der Waals surface area contributed by atoms with E-state index in [0.29, 0.717) is 17.9 Å². The van der Waals surface area contributed by atoms with Gasteiger partial charge in [0.25, 0.3) is 0 Å². The van der Waals surface area contributed by atoms with Crippen LogP contribution in [0.4, 0.5) is 0 Å². The third-order valence-corrected chi connectivity index (χ3v) is 3.09. The summed E-state index contributed by atoms with van der Waals surface area (Å²) >= 11 is 0. The molecule has 0 aromatic heterocycles. The number of aromatic hydroxyl groups is 1. The van der Waals surface area contributed by atoms with Gasteiger partial charge in [0.2, 0.25) is 0 Å². The third kappa shape index (κ3) is 2.17. The monoisotopic (exact) mass is 244 g/mol. The maximum atomic E-state index is 10.4. The summed E-state index contributed by atoms with van der Waals surface area (Å²) in [6.45, 7) is 7.73. The van der Waals surface area contributed by atoms with Crippen LogP contribution in [0, 0.1) is 5.92 Å². The van der Waals surface area contributed by atoms with Gasteiger partial charge >= 0.3 is 0 Å². The van der Waals surface area contributed by atoms with Crippen molar-refractivity contribution in [1.29, 1.82) is 0 Å². The Morgan fingerprint density at radius 2 is 2.17 bits per heavy atom. The first-order valence-electron chi connectivity index (χ1n) is 5.76. The number of aliphatic hydroxyl groups is 1. The number of hydrogen-bond acceptors (Lipinski definition) is 3. The lowest BCUT2D eigenvalue weighted by molar-refractivity contribution is 0.0704. The number of phenols is 1. The molecule has 2 atom stereocenters. The molecule has 0 aliphatic carbocycles. The lowest BCUT2D eigenvalue weighted by Crippen LogP contribution is -2.27. The lowest BCUT2D eigenvalue weighted by Gasteiger charge is -2.31. The molecule has 2 unspecified atom stereocenters. The molecule has 3 nitrogen and oxygen atoms in total. The van der Waals surface area contributed by atoms with Gasteiger partial charge in [-0.05, 0) is 17.7 Å². The molecule has 0 saturated heterocycles. The largest absolute Gasteiger partial charge is 0.508 e. The number of allylic oxidation sites excluding steroid dienone is 3. The summed E-state index contributed by atoms with van der Waals surface area (Å²) in [7, 11) is 0. The predicted molar refractivity (Wildman–Crippen MR) is 70.5 cm³/mol. The highest BCUT2D eigenvalue weighted by Crippen LogP contribution is 2.40. The molecule has 0 fully saturated rings. The van der Waals surface area contributed by atoms with Crippen LogP contribution in [0.15, 0.2) is 55.2 Å². The molecule has 1 aliphatic heterocycles. The number of hydrogen-bond donors (Lipinski definition) is 2. The minimum Gasteiger partial charge on any atom is -0.508 e. The Hall–Kier alpha value is -2.00. The van der Waals surface area contributed by atoms with Gasteiger partial charge in [-0.2, -0.15) is 0 Å². The molecular formula is C15H16O3. The Kier molecular flexibility index (Phi) is 3.53. The van der Waals surface area contributed by atoms with E-state index in [1.54, 1.807) is 24.3 Å². The second kappa shape index (κ2) is 5.10. The minimum absolute atomic E-state index is 0.130. The van der Waals surface area contributed by atoms with Gasteiger partial charge in [0, 0.05) is 17.5 Å². The maximum absolute atomic E-state index is 10.4. The standard InChI is InChI=1S/C15H16O3/c1-3-5-10(4-2)13-9-18-14-8-11(16)6-7-12(14)15(13)17/h3-8,13,15-17H,1-2,9H2/b10-5+. The van der Waals surface area contributed by atoms with E-state index in [1.807, 2.05) is 6.08 Å². The first kappa shape index (κ1) is 12.5. The van der Waals surface area contributed by atoms with Gasteiger partial charge in [-0.15, -0.1) is 0 Å². The Labute approximate surface area is 106 Å². The van der Waals surface area contributed by atoms with Crippen LogP contribution in [-0.4, -0.2) is 16.8 Å². The highest BCUT2D eigenvalue weighted by atomic mass is 16.5. The second-order valence-electron chi connectivity index (χ2n) is 4.19. The van der Waals surface area contributed by atoms with Crippen LogP contribution < -0.4 is 4.74 Å². The Bertz CT molecular complexity index is 502. The molecule has 1 aromatic carbocycles. The van der Waals surface area contributed by atoms with E-state index in [1.165, 1.54) is 6.07 Å². The Morgan fingerprint density at radius 1 is 1.39 bits per heavy atom. The van der Waals surface area contributed by atoms with Crippen molar-refractivity contribution in [3.05, 3.63) is 60.7 Å². The number of benzene rings is 1. The van der Waals surface area contributed by atoms with Crippen molar-refractivity contribution >= 4 is 0 Å². The minimum atomic E-state index is -0.668. The van der Waals surface area contributed by atoms with E-state index in [-0.39, 0.29) is 11.7 Å². The van der Waals surface area contributed by atoms with Gasteiger partial charge in [-0.1, -0.05) is 31.4 Å². The predicted octanol–water partition coefficient (Wildman–Crippen LogP) is 2.73. The number of fused-ring (bicyclic) bond motifs is 1. The van der Waals surface area contributed by atoms with Crippen molar-refractivity contribution in [2.45, 2.75) is 6.10 Å². The number of aliphatic hydroxyl groups excluding tert-OH is 1. The van der Waals surface area contributed by atoms with E-state index < -0.39 is 6.10 Å². The fourth-order valence-corrected chi connectivity index (χ4v) is 2.14. The van der Waals surface area contributed by atoms with Crippen molar-refractivity contribution in [3.8, 4) is 11.5 Å². The van der Waals surface area contributed by atoms with Gasteiger partial charge in [0.05, 0.1) is 12.7 Å². The highest BCUT2D eigenvalue weighted by molar-refractivity contribution is 5.44. The molecule has 1 aromatic rings. The Morgan fingerprint density at radius 3 is 2.83 bits per heavy atom. The van der Waals surface area contributed by atoms with Gasteiger partial charge in [-0.3, -0.25) is 0 Å². The van der Waals surface area contributed by atoms with E-state index in [9.17, 15) is 10.2 Å². The van der Waals surface area contributed by atoms with Crippen molar-refractivity contribution in [2.24, 2.45) is 5.92 Å². The third-order valence-electron chi connectivity index (χ3n) is 3.09. The van der Waals surface area contributed by atoms with Crippen LogP contribution in [0.2, 0.25) is 0 Å². The average Bonchev–Trinajstić information content (AvgIpc) is 2.37. The van der Waals surface area contributed by atoms with E-state index in [4.69, 9.17) is 4.74 Å². The topological polar surface area (TPSA) is 49.7 Å². The molecule has 0 spiro atoms. The molecule has 94 valence electrons. The van der Waals surface area contributed by atoms with E-state index in [2.05, 4.69) is 13.2 Å². The van der Waals surface area contributed by atoms with Crippen LogP contribution in [-0.2, 0) is 0 Å². The van der Waals surface area contributed by atoms with Crippen LogP contribution in [0.25, 0.3) is 0 Å². The maximum Gasteiger partial charge on any atom is 0.128 e.